The van der Waals surface area contributed by atoms with Crippen molar-refractivity contribution in [3.05, 3.63) is 58.9 Å². The lowest BCUT2D eigenvalue weighted by molar-refractivity contribution is -0.122. The highest BCUT2D eigenvalue weighted by Gasteiger charge is 2.17. The zero-order valence-corrected chi connectivity index (χ0v) is 12.4. The van der Waals surface area contributed by atoms with Crippen LogP contribution in [0, 0.1) is 12.7 Å². The maximum Gasteiger partial charge on any atom is 0.265 e. The predicted molar refractivity (Wildman–Crippen MR) is 81.3 cm³/mol. The van der Waals surface area contributed by atoms with Crippen LogP contribution in [-0.2, 0) is 4.79 Å². The van der Waals surface area contributed by atoms with Crippen molar-refractivity contribution in [3.63, 3.8) is 0 Å². The van der Waals surface area contributed by atoms with Crippen LogP contribution in [0.4, 0.5) is 10.1 Å². The Morgan fingerprint density at radius 1 is 1.24 bits per heavy atom. The van der Waals surface area contributed by atoms with Gasteiger partial charge in [-0.3, -0.25) is 4.79 Å². The fraction of sp³-hybridized carbons (Fsp3) is 0.188. The predicted octanol–water partition coefficient (Wildman–Crippen LogP) is 4.19. The molecule has 0 spiro atoms. The zero-order chi connectivity index (χ0) is 15.4. The van der Waals surface area contributed by atoms with Gasteiger partial charge in [0.2, 0.25) is 0 Å². The molecule has 0 heterocycles. The van der Waals surface area contributed by atoms with E-state index in [0.29, 0.717) is 10.7 Å². The molecule has 1 atom stereocenters. The van der Waals surface area contributed by atoms with Crippen molar-refractivity contribution in [3.8, 4) is 5.75 Å². The number of rotatable bonds is 4. The van der Waals surface area contributed by atoms with E-state index in [-0.39, 0.29) is 11.7 Å². The van der Waals surface area contributed by atoms with Crippen molar-refractivity contribution in [2.75, 3.05) is 5.32 Å². The number of anilines is 1. The number of carbonyl (C=O) groups excluding carboxylic acids is 1. The molecule has 1 N–H and O–H groups in total. The van der Waals surface area contributed by atoms with Crippen molar-refractivity contribution in [1.29, 1.82) is 0 Å². The summed E-state index contributed by atoms with van der Waals surface area (Å²) in [7, 11) is 0. The number of amides is 1. The first-order valence-corrected chi connectivity index (χ1v) is 6.84. The molecule has 0 radical (unpaired) electrons. The Morgan fingerprint density at radius 2 is 1.95 bits per heavy atom. The standard InChI is InChI=1S/C16H15ClFNO2/c1-10-12(17)6-5-8-14(10)19-16(20)11(2)21-15-9-4-3-7-13(15)18/h3-9,11H,1-2H3,(H,19,20)/t11-/m0/s1. The molecule has 0 aliphatic heterocycles. The molecule has 5 heteroatoms. The highest BCUT2D eigenvalue weighted by atomic mass is 35.5. The Balaban J connectivity index is 2.06. The van der Waals surface area contributed by atoms with Crippen molar-refractivity contribution < 1.29 is 13.9 Å². The van der Waals surface area contributed by atoms with Gasteiger partial charge in [0.1, 0.15) is 0 Å². The molecule has 3 nitrogen and oxygen atoms in total. The first-order valence-electron chi connectivity index (χ1n) is 6.46. The van der Waals surface area contributed by atoms with E-state index in [4.69, 9.17) is 16.3 Å². The smallest absolute Gasteiger partial charge is 0.265 e. The number of benzene rings is 2. The van der Waals surface area contributed by atoms with Gasteiger partial charge in [-0.05, 0) is 43.7 Å². The molecule has 0 saturated heterocycles. The second-order valence-electron chi connectivity index (χ2n) is 4.59. The first kappa shape index (κ1) is 15.3. The second-order valence-corrected chi connectivity index (χ2v) is 5.00. The number of carbonyl (C=O) groups is 1. The molecular formula is C16H15ClFNO2. The third-order valence-electron chi connectivity index (χ3n) is 3.04. The largest absolute Gasteiger partial charge is 0.478 e. The van der Waals surface area contributed by atoms with E-state index >= 15 is 0 Å². The van der Waals surface area contributed by atoms with Gasteiger partial charge in [-0.15, -0.1) is 0 Å². The van der Waals surface area contributed by atoms with E-state index in [1.54, 1.807) is 44.2 Å². The van der Waals surface area contributed by atoms with Crippen LogP contribution in [0.2, 0.25) is 5.02 Å². The van der Waals surface area contributed by atoms with Crippen LogP contribution in [-0.4, -0.2) is 12.0 Å². The molecule has 21 heavy (non-hydrogen) atoms. The van der Waals surface area contributed by atoms with E-state index in [1.807, 2.05) is 0 Å². The van der Waals surface area contributed by atoms with Gasteiger partial charge in [0.05, 0.1) is 0 Å². The summed E-state index contributed by atoms with van der Waals surface area (Å²) in [6, 6.07) is 11.2. The van der Waals surface area contributed by atoms with Crippen LogP contribution < -0.4 is 10.1 Å². The SMILES string of the molecule is Cc1c(Cl)cccc1NC(=O)[C@H](C)Oc1ccccc1F. The Morgan fingerprint density at radius 3 is 2.67 bits per heavy atom. The maximum absolute atomic E-state index is 13.5. The van der Waals surface area contributed by atoms with Gasteiger partial charge in [-0.2, -0.15) is 0 Å². The summed E-state index contributed by atoms with van der Waals surface area (Å²) in [4.78, 5) is 12.1. The monoisotopic (exact) mass is 307 g/mol. The van der Waals surface area contributed by atoms with Crippen LogP contribution in [0.1, 0.15) is 12.5 Å². The van der Waals surface area contributed by atoms with Crippen LogP contribution in [0.5, 0.6) is 5.75 Å². The van der Waals surface area contributed by atoms with Gasteiger partial charge in [0.25, 0.3) is 5.91 Å². The molecule has 0 saturated carbocycles. The Kier molecular flexibility index (Phi) is 4.81. The second kappa shape index (κ2) is 6.59. The van der Waals surface area contributed by atoms with Crippen molar-refractivity contribution >= 4 is 23.2 Å². The summed E-state index contributed by atoms with van der Waals surface area (Å²) >= 11 is 6.00. The summed E-state index contributed by atoms with van der Waals surface area (Å²) in [6.45, 7) is 3.36. The molecule has 110 valence electrons. The van der Waals surface area contributed by atoms with E-state index in [1.165, 1.54) is 12.1 Å². The number of halogens is 2. The summed E-state index contributed by atoms with van der Waals surface area (Å²) in [5, 5.41) is 3.28. The van der Waals surface area contributed by atoms with E-state index in [2.05, 4.69) is 5.32 Å². The number of para-hydroxylation sites is 1. The summed E-state index contributed by atoms with van der Waals surface area (Å²) < 4.78 is 18.8. The molecule has 0 unspecified atom stereocenters. The summed E-state index contributed by atoms with van der Waals surface area (Å²) in [6.07, 6.45) is -0.833. The number of hydrogen-bond acceptors (Lipinski definition) is 2. The minimum Gasteiger partial charge on any atom is -0.478 e. The zero-order valence-electron chi connectivity index (χ0n) is 11.7. The third-order valence-corrected chi connectivity index (χ3v) is 3.44. The van der Waals surface area contributed by atoms with Gasteiger partial charge < -0.3 is 10.1 Å². The number of nitrogens with one attached hydrogen (secondary N) is 1. The molecule has 2 aromatic rings. The maximum atomic E-state index is 13.5. The average molecular weight is 308 g/mol. The molecule has 0 aliphatic carbocycles. The normalized spacial score (nSPS) is 11.8. The molecule has 2 rings (SSSR count). The minimum atomic E-state index is -0.833. The molecule has 0 aromatic heterocycles. The van der Waals surface area contributed by atoms with Gasteiger partial charge in [-0.1, -0.05) is 29.8 Å². The summed E-state index contributed by atoms with van der Waals surface area (Å²) in [5.74, 6) is -0.831. The first-order chi connectivity index (χ1) is 9.99. The molecular weight excluding hydrogens is 293 g/mol. The third kappa shape index (κ3) is 3.73. The topological polar surface area (TPSA) is 38.3 Å². The average Bonchev–Trinajstić information content (AvgIpc) is 2.46. The number of hydrogen-bond donors (Lipinski definition) is 1. The van der Waals surface area contributed by atoms with Gasteiger partial charge in [0, 0.05) is 10.7 Å². The van der Waals surface area contributed by atoms with E-state index in [9.17, 15) is 9.18 Å². The van der Waals surface area contributed by atoms with Crippen LogP contribution in [0.15, 0.2) is 42.5 Å². The fourth-order valence-electron chi connectivity index (χ4n) is 1.76. The van der Waals surface area contributed by atoms with Crippen LogP contribution in [0.25, 0.3) is 0 Å². The van der Waals surface area contributed by atoms with E-state index < -0.39 is 11.9 Å². The lowest BCUT2D eigenvalue weighted by Crippen LogP contribution is -2.30. The Hall–Kier alpha value is -2.07. The van der Waals surface area contributed by atoms with Crippen LogP contribution >= 0.6 is 11.6 Å². The minimum absolute atomic E-state index is 0.0444. The van der Waals surface area contributed by atoms with Gasteiger partial charge in [-0.25, -0.2) is 4.39 Å². The van der Waals surface area contributed by atoms with Crippen LogP contribution in [0.3, 0.4) is 0 Å². The molecule has 0 bridgehead atoms. The quantitative estimate of drug-likeness (QED) is 0.919. The molecule has 1 amide bonds. The van der Waals surface area contributed by atoms with Crippen molar-refractivity contribution in [2.45, 2.75) is 20.0 Å². The van der Waals surface area contributed by atoms with Crippen molar-refractivity contribution in [2.24, 2.45) is 0 Å². The highest BCUT2D eigenvalue weighted by Crippen LogP contribution is 2.23. The lowest BCUT2D eigenvalue weighted by Gasteiger charge is -2.16. The Bertz CT molecular complexity index is 660. The summed E-state index contributed by atoms with van der Waals surface area (Å²) in [5.41, 5.74) is 1.38. The highest BCUT2D eigenvalue weighted by molar-refractivity contribution is 6.31. The lowest BCUT2D eigenvalue weighted by atomic mass is 10.2. The van der Waals surface area contributed by atoms with Crippen molar-refractivity contribution in [1.82, 2.24) is 0 Å². The van der Waals surface area contributed by atoms with E-state index in [0.717, 1.165) is 5.56 Å². The Labute approximate surface area is 127 Å². The number of ether oxygens (including phenoxy) is 1. The molecule has 0 aliphatic rings. The fourth-order valence-corrected chi connectivity index (χ4v) is 1.94. The molecule has 2 aromatic carbocycles. The van der Waals surface area contributed by atoms with Gasteiger partial charge >= 0.3 is 0 Å². The molecule has 0 fully saturated rings. The van der Waals surface area contributed by atoms with Gasteiger partial charge in [0.15, 0.2) is 17.7 Å².